The number of hydrogen-bond donors (Lipinski definition) is 1. The fourth-order valence-corrected chi connectivity index (χ4v) is 2.11. The van der Waals surface area contributed by atoms with Crippen molar-refractivity contribution in [2.45, 2.75) is 39.7 Å². The topological polar surface area (TPSA) is 15.3 Å². The lowest BCUT2D eigenvalue weighted by Crippen LogP contribution is -2.30. The minimum Gasteiger partial charge on any atom is -0.311 e. The van der Waals surface area contributed by atoms with Crippen LogP contribution in [-0.2, 0) is 0 Å². The molecule has 0 spiro atoms. The molecule has 0 aliphatic carbocycles. The van der Waals surface area contributed by atoms with E-state index in [0.717, 1.165) is 19.0 Å². The van der Waals surface area contributed by atoms with Crippen LogP contribution in [0.3, 0.4) is 0 Å². The minimum atomic E-state index is 0.559. The fourth-order valence-electron chi connectivity index (χ4n) is 2.11. The second-order valence-electron chi connectivity index (χ2n) is 5.08. The molecule has 1 unspecified atom stereocenters. The molecule has 0 saturated carbocycles. The molecule has 1 aliphatic heterocycles. The van der Waals surface area contributed by atoms with Crippen LogP contribution in [-0.4, -0.2) is 37.1 Å². The molecule has 0 aromatic carbocycles. The molecule has 15 heavy (non-hydrogen) atoms. The molecule has 88 valence electrons. The molecule has 2 heteroatoms. The lowest BCUT2D eigenvalue weighted by atomic mass is 10.1. The van der Waals surface area contributed by atoms with Crippen molar-refractivity contribution in [2.24, 2.45) is 5.92 Å². The van der Waals surface area contributed by atoms with Crippen LogP contribution in [0, 0.1) is 5.92 Å². The number of hydrogen-bond acceptors (Lipinski definition) is 2. The van der Waals surface area contributed by atoms with E-state index in [9.17, 15) is 0 Å². The number of nitrogens with one attached hydrogen (secondary N) is 1. The average Bonchev–Trinajstić information content (AvgIpc) is 2.62. The molecule has 1 atom stereocenters. The Morgan fingerprint density at radius 2 is 2.27 bits per heavy atom. The highest BCUT2D eigenvalue weighted by atomic mass is 15.1. The highest BCUT2D eigenvalue weighted by Crippen LogP contribution is 2.19. The van der Waals surface area contributed by atoms with Crippen molar-refractivity contribution in [1.82, 2.24) is 10.2 Å². The van der Waals surface area contributed by atoms with Gasteiger partial charge in [0.25, 0.3) is 0 Å². The van der Waals surface area contributed by atoms with E-state index in [0.29, 0.717) is 6.04 Å². The molecule has 0 bridgehead atoms. The van der Waals surface area contributed by atoms with E-state index in [4.69, 9.17) is 0 Å². The third-order valence-electron chi connectivity index (χ3n) is 3.15. The van der Waals surface area contributed by atoms with E-state index >= 15 is 0 Å². The minimum absolute atomic E-state index is 0.559. The van der Waals surface area contributed by atoms with Gasteiger partial charge in [-0.1, -0.05) is 33.8 Å². The average molecular weight is 210 g/mol. The Kier molecular flexibility index (Phi) is 5.34. The van der Waals surface area contributed by atoms with Crippen molar-refractivity contribution in [3.05, 3.63) is 12.2 Å². The molecule has 0 amide bonds. The maximum absolute atomic E-state index is 4.14. The van der Waals surface area contributed by atoms with Crippen LogP contribution in [0.2, 0.25) is 0 Å². The first-order valence-electron chi connectivity index (χ1n) is 6.24. The summed E-state index contributed by atoms with van der Waals surface area (Å²) >= 11 is 0. The van der Waals surface area contributed by atoms with Gasteiger partial charge in [0.1, 0.15) is 0 Å². The summed E-state index contributed by atoms with van der Waals surface area (Å²) in [5, 5.41) is 3.42. The van der Waals surface area contributed by atoms with Crippen LogP contribution in [0.1, 0.15) is 33.6 Å². The highest BCUT2D eigenvalue weighted by Gasteiger charge is 2.20. The van der Waals surface area contributed by atoms with Crippen molar-refractivity contribution in [2.75, 3.05) is 26.2 Å². The van der Waals surface area contributed by atoms with Crippen LogP contribution in [0.25, 0.3) is 0 Å². The van der Waals surface area contributed by atoms with Gasteiger partial charge in [-0.2, -0.15) is 0 Å². The van der Waals surface area contributed by atoms with Gasteiger partial charge >= 0.3 is 0 Å². The van der Waals surface area contributed by atoms with E-state index in [1.165, 1.54) is 31.5 Å². The second kappa shape index (κ2) is 6.29. The number of likely N-dealkylation sites (tertiary alicyclic amines) is 1. The van der Waals surface area contributed by atoms with Gasteiger partial charge in [-0.3, -0.25) is 4.90 Å². The Morgan fingerprint density at radius 3 is 2.80 bits per heavy atom. The summed E-state index contributed by atoms with van der Waals surface area (Å²) in [6.07, 6.45) is 2.70. The van der Waals surface area contributed by atoms with E-state index in [-0.39, 0.29) is 0 Å². The Balaban J connectivity index is 2.16. The zero-order chi connectivity index (χ0) is 11.3. The maximum atomic E-state index is 4.14. The van der Waals surface area contributed by atoms with Gasteiger partial charge in [-0.25, -0.2) is 0 Å². The van der Waals surface area contributed by atoms with Crippen molar-refractivity contribution in [1.29, 1.82) is 0 Å². The number of rotatable bonds is 6. The van der Waals surface area contributed by atoms with E-state index in [1.807, 2.05) is 0 Å². The molecule has 1 rings (SSSR count). The molecule has 1 saturated heterocycles. The molecule has 1 aliphatic rings. The Bertz CT molecular complexity index is 199. The van der Waals surface area contributed by atoms with Crippen molar-refractivity contribution in [3.8, 4) is 0 Å². The molecule has 0 aromatic heterocycles. The van der Waals surface area contributed by atoms with E-state index in [2.05, 4.69) is 37.6 Å². The first-order chi connectivity index (χ1) is 7.11. The maximum Gasteiger partial charge on any atom is 0.0202 e. The first kappa shape index (κ1) is 12.7. The molecule has 0 radical (unpaired) electrons. The molecular formula is C13H26N2. The second-order valence-corrected chi connectivity index (χ2v) is 5.08. The summed E-state index contributed by atoms with van der Waals surface area (Å²) < 4.78 is 0. The molecule has 0 aromatic rings. The van der Waals surface area contributed by atoms with Gasteiger partial charge < -0.3 is 5.32 Å². The Hall–Kier alpha value is -0.340. The predicted molar refractivity (Wildman–Crippen MR) is 67.1 cm³/mol. The van der Waals surface area contributed by atoms with Crippen molar-refractivity contribution in [3.63, 3.8) is 0 Å². The quantitative estimate of drug-likeness (QED) is 0.677. The molecule has 1 heterocycles. The van der Waals surface area contributed by atoms with Crippen LogP contribution in [0.5, 0.6) is 0 Å². The van der Waals surface area contributed by atoms with Gasteiger partial charge in [-0.05, 0) is 24.5 Å². The molecule has 1 fully saturated rings. The van der Waals surface area contributed by atoms with Gasteiger partial charge in [0.05, 0.1) is 0 Å². The first-order valence-corrected chi connectivity index (χ1v) is 6.24. The summed E-state index contributed by atoms with van der Waals surface area (Å²) in [5.74, 6) is 0.927. The normalized spacial score (nSPS) is 22.5. The van der Waals surface area contributed by atoms with Gasteiger partial charge in [-0.15, -0.1) is 0 Å². The van der Waals surface area contributed by atoms with Crippen LogP contribution < -0.4 is 5.32 Å². The predicted octanol–water partition coefficient (Wildman–Crippen LogP) is 2.27. The van der Waals surface area contributed by atoms with Gasteiger partial charge in [0.2, 0.25) is 0 Å². The van der Waals surface area contributed by atoms with Crippen LogP contribution in [0.15, 0.2) is 12.2 Å². The third-order valence-corrected chi connectivity index (χ3v) is 3.15. The standard InChI is InChI=1S/C13H26N2/c1-5-13-6-7-15(10-13)9-12(4)8-14-11(2)3/h11,13-14H,4-10H2,1-3H3. The smallest absolute Gasteiger partial charge is 0.0202 e. The van der Waals surface area contributed by atoms with Crippen molar-refractivity contribution < 1.29 is 0 Å². The summed E-state index contributed by atoms with van der Waals surface area (Å²) in [4.78, 5) is 2.54. The highest BCUT2D eigenvalue weighted by molar-refractivity contribution is 5.01. The fraction of sp³-hybridized carbons (Fsp3) is 0.846. The summed E-state index contributed by atoms with van der Waals surface area (Å²) in [6, 6.07) is 0.559. The summed E-state index contributed by atoms with van der Waals surface area (Å²) in [6.45, 7) is 15.4. The largest absolute Gasteiger partial charge is 0.311 e. The van der Waals surface area contributed by atoms with Crippen molar-refractivity contribution >= 4 is 0 Å². The SMILES string of the molecule is C=C(CNC(C)C)CN1CCC(CC)C1. The lowest BCUT2D eigenvalue weighted by Gasteiger charge is -2.18. The lowest BCUT2D eigenvalue weighted by molar-refractivity contribution is 0.345. The summed E-state index contributed by atoms with van der Waals surface area (Å²) in [7, 11) is 0. The van der Waals surface area contributed by atoms with Gasteiger partial charge in [0.15, 0.2) is 0 Å². The number of nitrogens with zero attached hydrogens (tertiary/aromatic N) is 1. The summed E-state index contributed by atoms with van der Waals surface area (Å²) in [5.41, 5.74) is 1.32. The van der Waals surface area contributed by atoms with E-state index < -0.39 is 0 Å². The van der Waals surface area contributed by atoms with E-state index in [1.54, 1.807) is 0 Å². The van der Waals surface area contributed by atoms with Gasteiger partial charge in [0, 0.05) is 25.7 Å². The Labute approximate surface area is 94.7 Å². The third kappa shape index (κ3) is 4.80. The molecule has 1 N–H and O–H groups in total. The van der Waals surface area contributed by atoms with Crippen LogP contribution >= 0.6 is 0 Å². The molecule has 2 nitrogen and oxygen atoms in total. The molecular weight excluding hydrogens is 184 g/mol. The monoisotopic (exact) mass is 210 g/mol. The van der Waals surface area contributed by atoms with Crippen LogP contribution in [0.4, 0.5) is 0 Å². The Morgan fingerprint density at radius 1 is 1.53 bits per heavy atom. The zero-order valence-electron chi connectivity index (χ0n) is 10.6. The zero-order valence-corrected chi connectivity index (χ0v) is 10.6.